The second-order valence-electron chi connectivity index (χ2n) is 12.9. The van der Waals surface area contributed by atoms with Crippen LogP contribution in [0, 0.1) is 0 Å². The van der Waals surface area contributed by atoms with Gasteiger partial charge in [0.2, 0.25) is 0 Å². The minimum absolute atomic E-state index is 0. The first kappa shape index (κ1) is 41.3. The maximum Gasteiger partial charge on any atom is 1.00 e. The molecule has 0 fully saturated rings. The van der Waals surface area contributed by atoms with Crippen molar-refractivity contribution in [2.75, 3.05) is 0 Å². The molecule has 0 N–H and O–H groups in total. The van der Waals surface area contributed by atoms with Gasteiger partial charge in [-0.15, -0.1) is 0 Å². The number of hydrogen-bond acceptors (Lipinski definition) is 3. The molecule has 0 aliphatic rings. The van der Waals surface area contributed by atoms with Gasteiger partial charge in [-0.2, -0.15) is 0 Å². The number of hydrogen-bond donors (Lipinski definition) is 0. The largest absolute Gasteiger partial charge is 1.00 e. The van der Waals surface area contributed by atoms with Crippen molar-refractivity contribution >= 4 is 20.9 Å². The Balaban J connectivity index is 0.00000924. The zero-order valence-electron chi connectivity index (χ0n) is 28.4. The minimum atomic E-state index is -4.47. The molecule has 0 aromatic heterocycles. The molecule has 0 aliphatic heterocycles. The molecule has 43 heavy (non-hydrogen) atoms. The Hall–Kier alpha value is 0.246. The summed E-state index contributed by atoms with van der Waals surface area (Å²) in [6, 6.07) is 9.61. The summed E-state index contributed by atoms with van der Waals surface area (Å²) in [5.41, 5.74) is 2.34. The standard InChI is InChI=1S/C38H64O3S.K/c1-3-5-7-9-11-13-15-17-19-21-23-25-27-34-29-30-36-33-37(42(39,40)41)32-35(38(36)31-34)28-26-24-22-20-18-16-14-12-10-8-6-4-2;/h29-33H,3-28H2,1-2H3,(H,39,40,41);/q;+1/p-1. The molecule has 2 aromatic rings. The Bertz CT molecular complexity index is 1070. The fourth-order valence-electron chi connectivity index (χ4n) is 6.29. The first-order valence-corrected chi connectivity index (χ1v) is 19.4. The summed E-state index contributed by atoms with van der Waals surface area (Å²) in [7, 11) is -4.47. The van der Waals surface area contributed by atoms with Crippen molar-refractivity contribution in [3.05, 3.63) is 41.5 Å². The van der Waals surface area contributed by atoms with Gasteiger partial charge in [-0.3, -0.25) is 0 Å². The average Bonchev–Trinajstić information content (AvgIpc) is 2.97. The van der Waals surface area contributed by atoms with Gasteiger partial charge >= 0.3 is 51.4 Å². The number of unbranched alkanes of at least 4 members (excludes halogenated alkanes) is 22. The smallest absolute Gasteiger partial charge is 0.744 e. The zero-order chi connectivity index (χ0) is 30.3. The number of fused-ring (bicyclic) bond motifs is 1. The quantitative estimate of drug-likeness (QED) is 0.0557. The average molecular weight is 639 g/mol. The van der Waals surface area contributed by atoms with Gasteiger partial charge in [-0.25, -0.2) is 8.42 Å². The Kier molecular flexibility index (Phi) is 25.3. The van der Waals surface area contributed by atoms with Gasteiger partial charge in [0.05, 0.1) is 4.90 Å². The molecular formula is C38H63KO3S. The maximum absolute atomic E-state index is 11.9. The molecule has 240 valence electrons. The second-order valence-corrected chi connectivity index (χ2v) is 14.2. The van der Waals surface area contributed by atoms with Crippen molar-refractivity contribution in [3.8, 4) is 0 Å². The molecule has 3 nitrogen and oxygen atoms in total. The van der Waals surface area contributed by atoms with E-state index in [2.05, 4.69) is 26.0 Å². The van der Waals surface area contributed by atoms with Crippen LogP contribution in [0.4, 0.5) is 0 Å². The van der Waals surface area contributed by atoms with Crippen molar-refractivity contribution in [1.29, 1.82) is 0 Å². The van der Waals surface area contributed by atoms with Gasteiger partial charge in [-0.1, -0.05) is 173 Å². The van der Waals surface area contributed by atoms with Crippen molar-refractivity contribution < 1.29 is 64.4 Å². The monoisotopic (exact) mass is 638 g/mol. The molecule has 0 saturated carbocycles. The van der Waals surface area contributed by atoms with Crippen LogP contribution in [0.3, 0.4) is 0 Å². The van der Waals surface area contributed by atoms with E-state index in [0.717, 1.165) is 42.0 Å². The number of benzene rings is 2. The maximum atomic E-state index is 11.9. The summed E-state index contributed by atoms with van der Waals surface area (Å²) in [4.78, 5) is -0.0855. The topological polar surface area (TPSA) is 57.2 Å². The van der Waals surface area contributed by atoms with E-state index in [1.54, 1.807) is 12.1 Å². The van der Waals surface area contributed by atoms with Crippen LogP contribution in [0.1, 0.15) is 179 Å². The summed E-state index contributed by atoms with van der Waals surface area (Å²) in [6.07, 6.45) is 33.7. The third kappa shape index (κ3) is 19.5. The van der Waals surface area contributed by atoms with Crippen molar-refractivity contribution in [2.24, 2.45) is 0 Å². The molecule has 0 spiro atoms. The summed E-state index contributed by atoms with van der Waals surface area (Å²) in [6.45, 7) is 4.54. The summed E-state index contributed by atoms with van der Waals surface area (Å²) < 4.78 is 35.6. The van der Waals surface area contributed by atoms with Crippen LogP contribution < -0.4 is 51.4 Å². The van der Waals surface area contributed by atoms with Crippen LogP contribution in [0.15, 0.2) is 35.2 Å². The fourth-order valence-corrected chi connectivity index (χ4v) is 6.84. The molecule has 2 rings (SSSR count). The van der Waals surface area contributed by atoms with E-state index >= 15 is 0 Å². The molecule has 5 heteroatoms. The van der Waals surface area contributed by atoms with E-state index in [1.165, 1.54) is 147 Å². The first-order chi connectivity index (χ1) is 20.5. The van der Waals surface area contributed by atoms with Gasteiger partial charge in [0.15, 0.2) is 0 Å². The third-order valence-electron chi connectivity index (χ3n) is 8.99. The predicted octanol–water partition coefficient (Wildman–Crippen LogP) is 9.24. The Labute approximate surface area is 309 Å². The van der Waals surface area contributed by atoms with E-state index in [4.69, 9.17) is 0 Å². The molecule has 0 atom stereocenters. The molecule has 0 unspecified atom stereocenters. The number of aryl methyl sites for hydroxylation is 2. The fraction of sp³-hybridized carbons (Fsp3) is 0.737. The normalized spacial score (nSPS) is 11.7. The van der Waals surface area contributed by atoms with Crippen LogP contribution >= 0.6 is 0 Å². The van der Waals surface area contributed by atoms with Crippen LogP contribution in [-0.4, -0.2) is 13.0 Å². The Morgan fingerprint density at radius 1 is 0.512 bits per heavy atom. The first-order valence-electron chi connectivity index (χ1n) is 18.0. The van der Waals surface area contributed by atoms with E-state index < -0.39 is 10.1 Å². The molecule has 0 bridgehead atoms. The SMILES string of the molecule is CCCCCCCCCCCCCCc1ccc2cc(S(=O)(=O)[O-])cc(CCCCCCCCCCCCCC)c2c1.[K+]. The minimum Gasteiger partial charge on any atom is -0.744 e. The zero-order valence-corrected chi connectivity index (χ0v) is 32.3. The van der Waals surface area contributed by atoms with Gasteiger partial charge < -0.3 is 4.55 Å². The Morgan fingerprint density at radius 3 is 1.33 bits per heavy atom. The second kappa shape index (κ2) is 26.3. The van der Waals surface area contributed by atoms with Crippen molar-refractivity contribution in [2.45, 2.75) is 186 Å². The van der Waals surface area contributed by atoms with E-state index in [-0.39, 0.29) is 56.3 Å². The molecular weight excluding hydrogens is 576 g/mol. The summed E-state index contributed by atoms with van der Waals surface area (Å²) in [5.74, 6) is 0. The van der Waals surface area contributed by atoms with Crippen molar-refractivity contribution in [3.63, 3.8) is 0 Å². The van der Waals surface area contributed by atoms with Gasteiger partial charge in [-0.05, 0) is 59.7 Å². The van der Waals surface area contributed by atoms with E-state index in [1.807, 2.05) is 6.07 Å². The Morgan fingerprint density at radius 2 is 0.907 bits per heavy atom. The van der Waals surface area contributed by atoms with Crippen molar-refractivity contribution in [1.82, 2.24) is 0 Å². The molecule has 2 aromatic carbocycles. The van der Waals surface area contributed by atoms with Crippen LogP contribution in [0.2, 0.25) is 0 Å². The van der Waals surface area contributed by atoms with Gasteiger partial charge in [0.25, 0.3) is 0 Å². The number of rotatable bonds is 27. The van der Waals surface area contributed by atoms with Gasteiger partial charge in [0.1, 0.15) is 10.1 Å². The van der Waals surface area contributed by atoms with E-state index in [0.29, 0.717) is 0 Å². The van der Waals surface area contributed by atoms with Crippen LogP contribution in [0.5, 0.6) is 0 Å². The van der Waals surface area contributed by atoms with E-state index in [9.17, 15) is 13.0 Å². The molecule has 0 aliphatic carbocycles. The third-order valence-corrected chi connectivity index (χ3v) is 9.80. The van der Waals surface area contributed by atoms with Gasteiger partial charge in [0, 0.05) is 0 Å². The summed E-state index contributed by atoms with van der Waals surface area (Å²) >= 11 is 0. The summed E-state index contributed by atoms with van der Waals surface area (Å²) in [5, 5.41) is 2.00. The molecule has 0 radical (unpaired) electrons. The molecule has 0 amide bonds. The predicted molar refractivity (Wildman–Crippen MR) is 181 cm³/mol. The van der Waals surface area contributed by atoms with Crippen LogP contribution in [-0.2, 0) is 23.0 Å². The van der Waals surface area contributed by atoms with Crippen LogP contribution in [0.25, 0.3) is 10.8 Å². The molecule has 0 saturated heterocycles. The molecule has 0 heterocycles.